The summed E-state index contributed by atoms with van der Waals surface area (Å²) >= 11 is 0. The third-order valence-corrected chi connectivity index (χ3v) is 5.28. The lowest BCUT2D eigenvalue weighted by Crippen LogP contribution is -2.43. The van der Waals surface area contributed by atoms with Crippen molar-refractivity contribution in [1.29, 1.82) is 0 Å². The van der Waals surface area contributed by atoms with Crippen molar-refractivity contribution in [2.24, 2.45) is 0 Å². The number of benzene rings is 1. The Morgan fingerprint density at radius 2 is 1.96 bits per heavy atom. The van der Waals surface area contributed by atoms with Gasteiger partial charge in [-0.3, -0.25) is 4.79 Å². The number of nitrogens with zero attached hydrogens (tertiary/aromatic N) is 2. The fourth-order valence-electron chi connectivity index (χ4n) is 3.87. The largest absolute Gasteiger partial charge is 0.358 e. The number of nitrogens with one attached hydrogen (secondary N) is 1. The molecule has 25 heavy (non-hydrogen) atoms. The molecule has 0 atom stereocenters. The summed E-state index contributed by atoms with van der Waals surface area (Å²) in [6.45, 7) is 3.58. The third kappa shape index (κ3) is 4.03. The molecule has 4 nitrogen and oxygen atoms in total. The van der Waals surface area contributed by atoms with Crippen LogP contribution >= 0.6 is 0 Å². The van der Waals surface area contributed by atoms with Gasteiger partial charge < -0.3 is 14.8 Å². The summed E-state index contributed by atoms with van der Waals surface area (Å²) in [5.41, 5.74) is 2.77. The van der Waals surface area contributed by atoms with Gasteiger partial charge >= 0.3 is 0 Å². The molecule has 1 N–H and O–H groups in total. The highest BCUT2D eigenvalue weighted by atomic mass is 19.1. The van der Waals surface area contributed by atoms with Crippen LogP contribution in [-0.2, 0) is 11.2 Å². The number of H-pyrrole nitrogens is 1. The molecule has 0 aliphatic heterocycles. The van der Waals surface area contributed by atoms with E-state index in [4.69, 9.17) is 0 Å². The molecule has 136 valence electrons. The van der Waals surface area contributed by atoms with Gasteiger partial charge in [0.05, 0.1) is 6.42 Å². The molecule has 1 fully saturated rings. The van der Waals surface area contributed by atoms with Gasteiger partial charge in [0, 0.05) is 35.7 Å². The number of carbonyl (C=O) groups excluding carboxylic acids is 1. The first kappa shape index (κ1) is 17.9. The summed E-state index contributed by atoms with van der Waals surface area (Å²) in [6.07, 6.45) is 4.93. The molecule has 1 heterocycles. The molecule has 1 aliphatic carbocycles. The average Bonchev–Trinajstić information content (AvgIpc) is 3.17. The molecule has 5 heteroatoms. The van der Waals surface area contributed by atoms with Crippen LogP contribution in [0.15, 0.2) is 18.2 Å². The van der Waals surface area contributed by atoms with Crippen molar-refractivity contribution in [2.45, 2.75) is 45.1 Å². The highest BCUT2D eigenvalue weighted by Crippen LogP contribution is 2.27. The van der Waals surface area contributed by atoms with Gasteiger partial charge in [0.15, 0.2) is 0 Å². The fourth-order valence-corrected chi connectivity index (χ4v) is 3.87. The van der Waals surface area contributed by atoms with Crippen molar-refractivity contribution >= 4 is 16.8 Å². The summed E-state index contributed by atoms with van der Waals surface area (Å²) in [7, 11) is 4.06. The Balaban J connectivity index is 1.83. The molecule has 1 aromatic carbocycles. The molecule has 3 rings (SSSR count). The van der Waals surface area contributed by atoms with Crippen LogP contribution in [0.3, 0.4) is 0 Å². The minimum Gasteiger partial charge on any atom is -0.358 e. The molecule has 1 amide bonds. The van der Waals surface area contributed by atoms with Gasteiger partial charge in [-0.25, -0.2) is 4.39 Å². The van der Waals surface area contributed by atoms with Gasteiger partial charge in [-0.05, 0) is 57.6 Å². The zero-order valence-corrected chi connectivity index (χ0v) is 15.4. The lowest BCUT2D eigenvalue weighted by Gasteiger charge is -2.30. The number of amides is 1. The Morgan fingerprint density at radius 3 is 2.64 bits per heavy atom. The molecular formula is C20H28FN3O. The number of fused-ring (bicyclic) bond motifs is 1. The molecule has 0 bridgehead atoms. The normalized spacial score (nSPS) is 15.4. The minimum atomic E-state index is -0.263. The lowest BCUT2D eigenvalue weighted by molar-refractivity contribution is -0.132. The number of hydrogen-bond acceptors (Lipinski definition) is 2. The van der Waals surface area contributed by atoms with Gasteiger partial charge in [0.25, 0.3) is 0 Å². The zero-order valence-electron chi connectivity index (χ0n) is 15.4. The van der Waals surface area contributed by atoms with E-state index in [9.17, 15) is 9.18 Å². The Morgan fingerprint density at radius 1 is 1.24 bits per heavy atom. The first-order valence-electron chi connectivity index (χ1n) is 9.16. The molecule has 2 aromatic rings. The number of halogens is 1. The Labute approximate surface area is 149 Å². The predicted octanol–water partition coefficient (Wildman–Crippen LogP) is 3.49. The highest BCUT2D eigenvalue weighted by Gasteiger charge is 2.27. The van der Waals surface area contributed by atoms with Crippen molar-refractivity contribution in [3.05, 3.63) is 35.3 Å². The second-order valence-corrected chi connectivity index (χ2v) is 7.42. The average molecular weight is 345 g/mol. The maximum atomic E-state index is 13.7. The van der Waals surface area contributed by atoms with Gasteiger partial charge in [0.1, 0.15) is 5.82 Å². The van der Waals surface area contributed by atoms with Crippen molar-refractivity contribution in [3.63, 3.8) is 0 Å². The quantitative estimate of drug-likeness (QED) is 0.870. The summed E-state index contributed by atoms with van der Waals surface area (Å²) in [5, 5.41) is 0.824. The van der Waals surface area contributed by atoms with E-state index < -0.39 is 0 Å². The number of rotatable bonds is 6. The molecule has 0 spiro atoms. The summed E-state index contributed by atoms with van der Waals surface area (Å²) in [5.74, 6) is -0.109. The number of likely N-dealkylation sites (N-methyl/N-ethyl adjacent to an activating group) is 1. The van der Waals surface area contributed by atoms with Crippen LogP contribution in [0.2, 0.25) is 0 Å². The first-order chi connectivity index (χ1) is 12.0. The topological polar surface area (TPSA) is 39.3 Å². The standard InChI is InChI=1S/C20H28FN3O/c1-14-17(18-12-15(21)8-9-19(18)22-14)13-20(25)24(11-10-23(2)3)16-6-4-5-7-16/h8-9,12,16,22H,4-7,10-11,13H2,1-3H3. The van der Waals surface area contributed by atoms with E-state index in [-0.39, 0.29) is 11.7 Å². The highest BCUT2D eigenvalue weighted by molar-refractivity contribution is 5.90. The molecule has 0 radical (unpaired) electrons. The van der Waals surface area contributed by atoms with E-state index in [0.29, 0.717) is 12.5 Å². The monoisotopic (exact) mass is 345 g/mol. The molecule has 0 saturated heterocycles. The molecule has 0 unspecified atom stereocenters. The van der Waals surface area contributed by atoms with Gasteiger partial charge in [-0.1, -0.05) is 12.8 Å². The third-order valence-electron chi connectivity index (χ3n) is 5.28. The zero-order chi connectivity index (χ0) is 18.0. The number of aryl methyl sites for hydroxylation is 1. The first-order valence-corrected chi connectivity index (χ1v) is 9.16. The van der Waals surface area contributed by atoms with E-state index in [1.165, 1.54) is 25.0 Å². The van der Waals surface area contributed by atoms with E-state index in [1.54, 1.807) is 6.07 Å². The van der Waals surface area contributed by atoms with Crippen molar-refractivity contribution in [1.82, 2.24) is 14.8 Å². The van der Waals surface area contributed by atoms with Gasteiger partial charge in [0.2, 0.25) is 5.91 Å². The summed E-state index contributed by atoms with van der Waals surface area (Å²) < 4.78 is 13.7. The maximum Gasteiger partial charge on any atom is 0.227 e. The minimum absolute atomic E-state index is 0.155. The van der Waals surface area contributed by atoms with Gasteiger partial charge in [-0.2, -0.15) is 0 Å². The van der Waals surface area contributed by atoms with E-state index >= 15 is 0 Å². The van der Waals surface area contributed by atoms with Crippen LogP contribution in [-0.4, -0.2) is 53.9 Å². The van der Waals surface area contributed by atoms with Crippen LogP contribution in [0, 0.1) is 12.7 Å². The summed E-state index contributed by atoms with van der Waals surface area (Å²) in [6, 6.07) is 5.08. The second-order valence-electron chi connectivity index (χ2n) is 7.42. The van der Waals surface area contributed by atoms with Gasteiger partial charge in [-0.15, -0.1) is 0 Å². The number of aromatic nitrogens is 1. The predicted molar refractivity (Wildman–Crippen MR) is 99.2 cm³/mol. The van der Waals surface area contributed by atoms with Crippen molar-refractivity contribution in [2.75, 3.05) is 27.2 Å². The van der Waals surface area contributed by atoms with Crippen LogP contribution in [0.5, 0.6) is 0 Å². The number of hydrogen-bond donors (Lipinski definition) is 1. The smallest absolute Gasteiger partial charge is 0.227 e. The second kappa shape index (κ2) is 7.56. The van der Waals surface area contributed by atoms with E-state index in [1.807, 2.05) is 21.0 Å². The van der Waals surface area contributed by atoms with E-state index in [2.05, 4.69) is 14.8 Å². The van der Waals surface area contributed by atoms with Crippen LogP contribution in [0.1, 0.15) is 36.9 Å². The lowest BCUT2D eigenvalue weighted by atomic mass is 10.1. The van der Waals surface area contributed by atoms with E-state index in [0.717, 1.165) is 48.1 Å². The molecule has 1 saturated carbocycles. The van der Waals surface area contributed by atoms with Crippen LogP contribution in [0.4, 0.5) is 4.39 Å². The molecular weight excluding hydrogens is 317 g/mol. The number of carbonyl (C=O) groups is 1. The Bertz CT molecular complexity index is 747. The van der Waals surface area contributed by atoms with Crippen molar-refractivity contribution in [3.8, 4) is 0 Å². The SMILES string of the molecule is Cc1[nH]c2ccc(F)cc2c1CC(=O)N(CCN(C)C)C1CCCC1. The molecule has 1 aliphatic rings. The maximum absolute atomic E-state index is 13.7. The fraction of sp³-hybridized carbons (Fsp3) is 0.550. The summed E-state index contributed by atoms with van der Waals surface area (Å²) in [4.78, 5) is 20.5. The Kier molecular flexibility index (Phi) is 5.42. The number of aromatic amines is 1. The van der Waals surface area contributed by atoms with Crippen molar-refractivity contribution < 1.29 is 9.18 Å². The Hall–Kier alpha value is -1.88. The van der Waals surface area contributed by atoms with Crippen LogP contribution < -0.4 is 0 Å². The van der Waals surface area contributed by atoms with Crippen LogP contribution in [0.25, 0.3) is 10.9 Å². The molecule has 1 aromatic heterocycles.